The Morgan fingerprint density at radius 2 is 1.52 bits per heavy atom. The summed E-state index contributed by atoms with van der Waals surface area (Å²) < 4.78 is 10.5. The van der Waals surface area contributed by atoms with Gasteiger partial charge in [0.1, 0.15) is 6.10 Å². The molecule has 1 aromatic carbocycles. The van der Waals surface area contributed by atoms with Gasteiger partial charge in [-0.3, -0.25) is 9.59 Å². The summed E-state index contributed by atoms with van der Waals surface area (Å²) in [5.41, 5.74) is 0.823. The number of carbonyl (C=O) groups excluding carboxylic acids is 2. The van der Waals surface area contributed by atoms with Crippen LogP contribution in [0.25, 0.3) is 0 Å². The van der Waals surface area contributed by atoms with Crippen molar-refractivity contribution in [2.45, 2.75) is 77.7 Å². The van der Waals surface area contributed by atoms with Crippen LogP contribution in [0.4, 0.5) is 0 Å². The van der Waals surface area contributed by atoms with Crippen molar-refractivity contribution in [3.05, 3.63) is 35.9 Å². The molecule has 0 aliphatic rings. The average Bonchev–Trinajstić information content (AvgIpc) is 2.61. The van der Waals surface area contributed by atoms with Gasteiger partial charge < -0.3 is 9.47 Å². The molecular weight excluding hydrogens is 316 g/mol. The van der Waals surface area contributed by atoms with Crippen molar-refractivity contribution >= 4 is 11.9 Å². The monoisotopic (exact) mass is 348 g/mol. The van der Waals surface area contributed by atoms with Crippen LogP contribution >= 0.6 is 0 Å². The minimum Gasteiger partial charge on any atom is -0.466 e. The first-order chi connectivity index (χ1) is 12.2. The molecule has 140 valence electrons. The first-order valence-corrected chi connectivity index (χ1v) is 9.57. The van der Waals surface area contributed by atoms with Gasteiger partial charge in [0.15, 0.2) is 0 Å². The fraction of sp³-hybridized carbons (Fsp3) is 0.619. The van der Waals surface area contributed by atoms with E-state index >= 15 is 0 Å². The van der Waals surface area contributed by atoms with E-state index < -0.39 is 6.10 Å². The van der Waals surface area contributed by atoms with E-state index in [1.807, 2.05) is 30.3 Å². The van der Waals surface area contributed by atoms with Gasteiger partial charge in [-0.2, -0.15) is 0 Å². The SMILES string of the molecule is CCCCCCCCCC(=O)O[C@H](CC(=O)OCC)c1ccccc1. The number of carbonyl (C=O) groups is 2. The second-order valence-electron chi connectivity index (χ2n) is 6.27. The maximum Gasteiger partial charge on any atom is 0.309 e. The van der Waals surface area contributed by atoms with E-state index in [-0.39, 0.29) is 18.4 Å². The number of unbranched alkanes of at least 4 members (excludes halogenated alkanes) is 6. The zero-order valence-electron chi connectivity index (χ0n) is 15.7. The summed E-state index contributed by atoms with van der Waals surface area (Å²) >= 11 is 0. The Morgan fingerprint density at radius 1 is 0.880 bits per heavy atom. The van der Waals surface area contributed by atoms with Crippen molar-refractivity contribution in [2.24, 2.45) is 0 Å². The molecule has 0 amide bonds. The predicted molar refractivity (Wildman–Crippen MR) is 99.1 cm³/mol. The standard InChI is InChI=1S/C21H32O4/c1-3-5-6-7-8-9-13-16-20(22)25-19(17-21(23)24-4-2)18-14-11-10-12-15-18/h10-12,14-15,19H,3-9,13,16-17H2,1-2H3/t19-/m1/s1. The predicted octanol–water partition coefficient (Wildman–Crippen LogP) is 5.36. The van der Waals surface area contributed by atoms with E-state index in [0.29, 0.717) is 13.0 Å². The normalized spacial score (nSPS) is 11.8. The van der Waals surface area contributed by atoms with Gasteiger partial charge in [-0.15, -0.1) is 0 Å². The molecule has 0 aliphatic carbocycles. The van der Waals surface area contributed by atoms with Crippen molar-refractivity contribution in [3.8, 4) is 0 Å². The molecule has 0 aliphatic heterocycles. The number of esters is 2. The summed E-state index contributed by atoms with van der Waals surface area (Å²) in [4.78, 5) is 23.9. The Labute approximate surface area is 151 Å². The molecule has 4 nitrogen and oxygen atoms in total. The number of hydrogen-bond acceptors (Lipinski definition) is 4. The minimum atomic E-state index is -0.572. The van der Waals surface area contributed by atoms with Crippen LogP contribution in [0.2, 0.25) is 0 Å². The molecule has 0 heterocycles. The first kappa shape index (κ1) is 21.2. The zero-order valence-corrected chi connectivity index (χ0v) is 15.7. The van der Waals surface area contributed by atoms with Gasteiger partial charge in [-0.25, -0.2) is 0 Å². The molecule has 1 rings (SSSR count). The maximum absolute atomic E-state index is 12.1. The van der Waals surface area contributed by atoms with E-state index in [1.54, 1.807) is 6.92 Å². The lowest BCUT2D eigenvalue weighted by Crippen LogP contribution is -2.16. The van der Waals surface area contributed by atoms with Crippen molar-refractivity contribution in [3.63, 3.8) is 0 Å². The molecule has 4 heteroatoms. The van der Waals surface area contributed by atoms with Crippen LogP contribution < -0.4 is 0 Å². The second kappa shape index (κ2) is 13.5. The van der Waals surface area contributed by atoms with Crippen LogP contribution in [0.1, 0.15) is 83.3 Å². The lowest BCUT2D eigenvalue weighted by atomic mass is 10.1. The highest BCUT2D eigenvalue weighted by Gasteiger charge is 2.20. The molecule has 0 fully saturated rings. The highest BCUT2D eigenvalue weighted by atomic mass is 16.6. The second-order valence-corrected chi connectivity index (χ2v) is 6.27. The van der Waals surface area contributed by atoms with Gasteiger partial charge in [0.05, 0.1) is 13.0 Å². The zero-order chi connectivity index (χ0) is 18.3. The minimum absolute atomic E-state index is 0.0562. The number of hydrogen-bond donors (Lipinski definition) is 0. The molecular formula is C21H32O4. The molecule has 0 spiro atoms. The van der Waals surface area contributed by atoms with Crippen LogP contribution in [0.15, 0.2) is 30.3 Å². The highest BCUT2D eigenvalue weighted by Crippen LogP contribution is 2.23. The summed E-state index contributed by atoms with van der Waals surface area (Å²) in [6, 6.07) is 9.37. The van der Waals surface area contributed by atoms with Crippen LogP contribution in [0.5, 0.6) is 0 Å². The van der Waals surface area contributed by atoms with E-state index in [4.69, 9.17) is 9.47 Å². The van der Waals surface area contributed by atoms with Gasteiger partial charge >= 0.3 is 11.9 Å². The van der Waals surface area contributed by atoms with Gasteiger partial charge in [0.2, 0.25) is 0 Å². The Bertz CT molecular complexity index is 484. The fourth-order valence-corrected chi connectivity index (χ4v) is 2.71. The third-order valence-electron chi connectivity index (χ3n) is 4.09. The Kier molecular flexibility index (Phi) is 11.4. The van der Waals surface area contributed by atoms with Crippen LogP contribution in [0.3, 0.4) is 0 Å². The Balaban J connectivity index is 2.40. The van der Waals surface area contributed by atoms with Crippen molar-refractivity contribution in [1.82, 2.24) is 0 Å². The van der Waals surface area contributed by atoms with Crippen LogP contribution in [0, 0.1) is 0 Å². The Hall–Kier alpha value is -1.84. The van der Waals surface area contributed by atoms with E-state index in [9.17, 15) is 9.59 Å². The highest BCUT2D eigenvalue weighted by molar-refractivity contribution is 5.73. The lowest BCUT2D eigenvalue weighted by Gasteiger charge is -2.17. The Morgan fingerprint density at radius 3 is 2.16 bits per heavy atom. The molecule has 1 aromatic rings. The molecule has 0 bridgehead atoms. The largest absolute Gasteiger partial charge is 0.466 e. The summed E-state index contributed by atoms with van der Waals surface area (Å²) in [5.74, 6) is -0.591. The molecule has 25 heavy (non-hydrogen) atoms. The van der Waals surface area contributed by atoms with Crippen molar-refractivity contribution in [1.29, 1.82) is 0 Å². The topological polar surface area (TPSA) is 52.6 Å². The summed E-state index contributed by atoms with van der Waals surface area (Å²) in [5, 5.41) is 0. The maximum atomic E-state index is 12.1. The van der Waals surface area contributed by atoms with Crippen LogP contribution in [-0.2, 0) is 19.1 Å². The molecule has 0 unspecified atom stereocenters. The van der Waals surface area contributed by atoms with Crippen LogP contribution in [-0.4, -0.2) is 18.5 Å². The van der Waals surface area contributed by atoms with Gasteiger partial charge in [-0.05, 0) is 18.9 Å². The third kappa shape index (κ3) is 9.90. The molecule has 0 saturated carbocycles. The molecule has 0 radical (unpaired) electrons. The van der Waals surface area contributed by atoms with E-state index in [2.05, 4.69) is 6.92 Å². The molecule has 0 N–H and O–H groups in total. The smallest absolute Gasteiger partial charge is 0.309 e. The number of benzene rings is 1. The van der Waals surface area contributed by atoms with E-state index in [1.165, 1.54) is 25.7 Å². The van der Waals surface area contributed by atoms with Gasteiger partial charge in [0.25, 0.3) is 0 Å². The molecule has 0 aromatic heterocycles. The van der Waals surface area contributed by atoms with Gasteiger partial charge in [-0.1, -0.05) is 75.8 Å². The molecule has 1 atom stereocenters. The fourth-order valence-electron chi connectivity index (χ4n) is 2.71. The van der Waals surface area contributed by atoms with Gasteiger partial charge in [0, 0.05) is 6.42 Å². The molecule has 0 saturated heterocycles. The van der Waals surface area contributed by atoms with Crippen molar-refractivity contribution in [2.75, 3.05) is 6.61 Å². The third-order valence-corrected chi connectivity index (χ3v) is 4.09. The average molecular weight is 348 g/mol. The summed E-state index contributed by atoms with van der Waals surface area (Å²) in [7, 11) is 0. The first-order valence-electron chi connectivity index (χ1n) is 9.57. The summed E-state index contributed by atoms with van der Waals surface area (Å²) in [6.07, 6.45) is 7.98. The van der Waals surface area contributed by atoms with Crippen molar-refractivity contribution < 1.29 is 19.1 Å². The summed E-state index contributed by atoms with van der Waals surface area (Å²) in [6.45, 7) is 4.30. The quantitative estimate of drug-likeness (QED) is 0.355. The lowest BCUT2D eigenvalue weighted by molar-refractivity contribution is -0.155. The number of rotatable bonds is 13. The van der Waals surface area contributed by atoms with E-state index in [0.717, 1.165) is 24.8 Å². The number of ether oxygens (including phenoxy) is 2.